The Morgan fingerprint density at radius 3 is 2.83 bits per heavy atom. The molecule has 0 amide bonds. The molecule has 2 atom stereocenters. The van der Waals surface area contributed by atoms with E-state index in [1.165, 1.54) is 16.4 Å². The highest BCUT2D eigenvalue weighted by Crippen LogP contribution is 2.28. The normalized spacial score (nSPS) is 26.4. The summed E-state index contributed by atoms with van der Waals surface area (Å²) in [6.45, 7) is 0.110. The van der Waals surface area contributed by atoms with Crippen LogP contribution in [0.3, 0.4) is 0 Å². The minimum absolute atomic E-state index is 0.0905. The second-order valence-corrected chi connectivity index (χ2v) is 6.18. The number of aliphatic hydroxyl groups is 2. The number of nitrogens with zero attached hydrogens (tertiary/aromatic N) is 1. The Balaban J connectivity index is 2.18. The largest absolute Gasteiger partial charge is 0.393 e. The number of aliphatic hydroxyl groups excluding tert-OH is 1. The van der Waals surface area contributed by atoms with Gasteiger partial charge in [-0.05, 0) is 24.6 Å². The topological polar surface area (TPSA) is 60.8 Å². The maximum atomic E-state index is 12.9. The van der Waals surface area contributed by atoms with Crippen LogP contribution in [0.5, 0.6) is 0 Å². The Kier molecular flexibility index (Phi) is 4.03. The maximum Gasteiger partial charge on any atom is 0.129 e. The fourth-order valence-corrected chi connectivity index (χ4v) is 3.51. The number of benzene rings is 1. The second kappa shape index (κ2) is 5.22. The molecule has 0 bridgehead atoms. The average molecular weight is 294 g/mol. The number of rotatable bonds is 3. The highest BCUT2D eigenvalue weighted by molar-refractivity contribution is 7.82. The summed E-state index contributed by atoms with van der Waals surface area (Å²) in [7, 11) is -1.56. The summed E-state index contributed by atoms with van der Waals surface area (Å²) in [5.41, 5.74) is -1.22. The molecule has 1 aromatic rings. The lowest BCUT2D eigenvalue weighted by Crippen LogP contribution is -2.37. The van der Waals surface area contributed by atoms with Crippen molar-refractivity contribution >= 4 is 22.6 Å². The second-order valence-electron chi connectivity index (χ2n) is 4.32. The molecule has 1 heterocycles. The summed E-state index contributed by atoms with van der Waals surface area (Å²) in [5, 5.41) is 19.0. The zero-order valence-electron chi connectivity index (χ0n) is 9.47. The molecule has 0 spiro atoms. The van der Waals surface area contributed by atoms with Crippen molar-refractivity contribution in [2.45, 2.75) is 16.9 Å². The van der Waals surface area contributed by atoms with Gasteiger partial charge in [0.15, 0.2) is 0 Å². The van der Waals surface area contributed by atoms with E-state index in [0.717, 1.165) is 6.07 Å². The Hall–Kier alpha value is -0.530. The molecular formula is C11H13ClFNO3S. The van der Waals surface area contributed by atoms with Gasteiger partial charge in [0, 0.05) is 13.1 Å². The van der Waals surface area contributed by atoms with Crippen LogP contribution < -0.4 is 0 Å². The molecule has 2 rings (SSSR count). The Bertz CT molecular complexity index is 487. The van der Waals surface area contributed by atoms with Crippen molar-refractivity contribution in [1.29, 1.82) is 0 Å². The SMILES string of the molecule is O=S(c1ccc(F)cc1Cl)N1CCC(O)(CO)C1. The fraction of sp³-hybridized carbons (Fsp3) is 0.455. The summed E-state index contributed by atoms with van der Waals surface area (Å²) in [6.07, 6.45) is 0.341. The predicted molar refractivity (Wildman–Crippen MR) is 66.0 cm³/mol. The number of hydrogen-bond acceptors (Lipinski definition) is 3. The zero-order chi connectivity index (χ0) is 13.3. The molecule has 1 aliphatic rings. The Morgan fingerprint density at radius 2 is 2.28 bits per heavy atom. The molecule has 1 fully saturated rings. The van der Waals surface area contributed by atoms with Crippen LogP contribution in [0, 0.1) is 5.82 Å². The van der Waals surface area contributed by atoms with Gasteiger partial charge in [-0.1, -0.05) is 11.6 Å². The third kappa shape index (κ3) is 2.73. The van der Waals surface area contributed by atoms with Crippen molar-refractivity contribution in [3.05, 3.63) is 29.0 Å². The third-order valence-electron chi connectivity index (χ3n) is 2.91. The molecule has 1 aromatic carbocycles. The van der Waals surface area contributed by atoms with Crippen LogP contribution in [0.15, 0.2) is 23.1 Å². The molecule has 1 saturated heterocycles. The number of β-amino-alcohol motifs (C(OH)–C–C–N with tert-alkyl or cyclic N) is 1. The van der Waals surface area contributed by atoms with E-state index in [1.54, 1.807) is 0 Å². The lowest BCUT2D eigenvalue weighted by atomic mass is 10.1. The molecular weight excluding hydrogens is 281 g/mol. The molecule has 100 valence electrons. The third-order valence-corrected chi connectivity index (χ3v) is 4.85. The molecule has 7 heteroatoms. The zero-order valence-corrected chi connectivity index (χ0v) is 11.0. The standard InChI is InChI=1S/C11H13ClFNO3S/c12-9-5-8(13)1-2-10(9)18(17)14-4-3-11(16,6-14)7-15/h1-2,5,15-16H,3-4,6-7H2. The Labute approximate surface area is 112 Å². The van der Waals surface area contributed by atoms with Crippen molar-refractivity contribution in [2.24, 2.45) is 0 Å². The van der Waals surface area contributed by atoms with Gasteiger partial charge < -0.3 is 10.2 Å². The van der Waals surface area contributed by atoms with E-state index in [1.807, 2.05) is 0 Å². The van der Waals surface area contributed by atoms with Crippen LogP contribution in [0.2, 0.25) is 5.02 Å². The summed E-state index contributed by atoms with van der Waals surface area (Å²) in [4.78, 5) is 0.306. The fourth-order valence-electron chi connectivity index (χ4n) is 1.85. The van der Waals surface area contributed by atoms with Gasteiger partial charge in [-0.3, -0.25) is 0 Å². The van der Waals surface area contributed by atoms with E-state index in [4.69, 9.17) is 16.7 Å². The van der Waals surface area contributed by atoms with Crippen molar-refractivity contribution in [2.75, 3.05) is 19.7 Å². The van der Waals surface area contributed by atoms with E-state index < -0.39 is 22.4 Å². The first kappa shape index (κ1) is 13.9. The van der Waals surface area contributed by atoms with Gasteiger partial charge in [-0.2, -0.15) is 0 Å². The van der Waals surface area contributed by atoms with Crippen LogP contribution in [0.25, 0.3) is 0 Å². The lowest BCUT2D eigenvalue weighted by Gasteiger charge is -2.20. The molecule has 4 nitrogen and oxygen atoms in total. The van der Waals surface area contributed by atoms with E-state index in [0.29, 0.717) is 17.9 Å². The van der Waals surface area contributed by atoms with E-state index in [9.17, 15) is 13.7 Å². The van der Waals surface area contributed by atoms with E-state index >= 15 is 0 Å². The molecule has 2 unspecified atom stereocenters. The smallest absolute Gasteiger partial charge is 0.129 e. The monoisotopic (exact) mass is 293 g/mol. The highest BCUT2D eigenvalue weighted by atomic mass is 35.5. The quantitative estimate of drug-likeness (QED) is 0.872. The predicted octanol–water partition coefficient (Wildman–Crippen LogP) is 0.931. The lowest BCUT2D eigenvalue weighted by molar-refractivity contribution is -0.000502. The van der Waals surface area contributed by atoms with Gasteiger partial charge >= 0.3 is 0 Å². The van der Waals surface area contributed by atoms with Gasteiger partial charge in [0.25, 0.3) is 0 Å². The van der Waals surface area contributed by atoms with Gasteiger partial charge in [0.05, 0.1) is 16.5 Å². The summed E-state index contributed by atoms with van der Waals surface area (Å²) in [6, 6.07) is 3.65. The molecule has 0 aromatic heterocycles. The van der Waals surface area contributed by atoms with Crippen LogP contribution >= 0.6 is 11.6 Å². The van der Waals surface area contributed by atoms with Gasteiger partial charge in [-0.25, -0.2) is 12.9 Å². The van der Waals surface area contributed by atoms with Crippen molar-refractivity contribution in [3.8, 4) is 0 Å². The molecule has 0 aliphatic carbocycles. The Morgan fingerprint density at radius 1 is 1.56 bits per heavy atom. The molecule has 2 N–H and O–H groups in total. The first-order valence-electron chi connectivity index (χ1n) is 5.40. The molecule has 1 aliphatic heterocycles. The van der Waals surface area contributed by atoms with Crippen molar-refractivity contribution in [3.63, 3.8) is 0 Å². The van der Waals surface area contributed by atoms with Crippen LogP contribution in [0.1, 0.15) is 6.42 Å². The molecule has 18 heavy (non-hydrogen) atoms. The van der Waals surface area contributed by atoms with Gasteiger partial charge in [-0.15, -0.1) is 0 Å². The highest BCUT2D eigenvalue weighted by Gasteiger charge is 2.38. The number of halogens is 2. The summed E-state index contributed by atoms with van der Waals surface area (Å²) >= 11 is 5.84. The summed E-state index contributed by atoms with van der Waals surface area (Å²) < 4.78 is 26.6. The van der Waals surface area contributed by atoms with E-state index in [2.05, 4.69) is 0 Å². The minimum atomic E-state index is -1.56. The number of hydrogen-bond donors (Lipinski definition) is 2. The van der Waals surface area contributed by atoms with Gasteiger partial charge in [0.2, 0.25) is 0 Å². The van der Waals surface area contributed by atoms with Crippen LogP contribution in [0.4, 0.5) is 4.39 Å². The van der Waals surface area contributed by atoms with Crippen molar-refractivity contribution < 1.29 is 18.8 Å². The molecule has 0 radical (unpaired) electrons. The van der Waals surface area contributed by atoms with Crippen molar-refractivity contribution in [1.82, 2.24) is 4.31 Å². The van der Waals surface area contributed by atoms with Crippen LogP contribution in [-0.4, -0.2) is 44.0 Å². The van der Waals surface area contributed by atoms with Gasteiger partial charge in [0.1, 0.15) is 22.4 Å². The maximum absolute atomic E-state index is 12.9. The minimum Gasteiger partial charge on any atom is -0.393 e. The molecule has 0 saturated carbocycles. The first-order chi connectivity index (χ1) is 8.45. The average Bonchev–Trinajstić information content (AvgIpc) is 2.72. The van der Waals surface area contributed by atoms with Crippen LogP contribution in [-0.2, 0) is 11.0 Å². The first-order valence-corrected chi connectivity index (χ1v) is 6.89. The summed E-state index contributed by atoms with van der Waals surface area (Å²) in [5.74, 6) is -0.492. The van der Waals surface area contributed by atoms with E-state index in [-0.39, 0.29) is 18.2 Å².